The SMILES string of the molecule is CCOC(=O)CCC1O[C@H](c2cccc(OC)c2Cl)c2cc(Cl)ccc2N(C(=N)C(F)(F)Cl)C1=N. The van der Waals surface area contributed by atoms with Gasteiger partial charge in [0.1, 0.15) is 23.8 Å². The van der Waals surface area contributed by atoms with Crippen LogP contribution in [0.2, 0.25) is 10.0 Å². The van der Waals surface area contributed by atoms with Gasteiger partial charge in [-0.15, -0.1) is 0 Å². The predicted molar refractivity (Wildman–Crippen MR) is 131 cm³/mol. The van der Waals surface area contributed by atoms with Crippen LogP contribution in [0, 0.1) is 10.8 Å². The van der Waals surface area contributed by atoms with Crippen molar-refractivity contribution in [1.82, 2.24) is 0 Å². The van der Waals surface area contributed by atoms with Crippen LogP contribution in [0.5, 0.6) is 5.75 Å². The Kier molecular flexibility index (Phi) is 8.58. The number of ether oxygens (including phenoxy) is 3. The molecule has 1 aliphatic heterocycles. The van der Waals surface area contributed by atoms with Crippen molar-refractivity contribution in [3.8, 4) is 5.75 Å². The fourth-order valence-electron chi connectivity index (χ4n) is 3.70. The van der Waals surface area contributed by atoms with Crippen molar-refractivity contribution in [2.45, 2.75) is 37.4 Å². The Hall–Kier alpha value is -2.46. The van der Waals surface area contributed by atoms with Crippen LogP contribution in [-0.4, -0.2) is 42.8 Å². The van der Waals surface area contributed by atoms with Crippen LogP contribution in [0.25, 0.3) is 0 Å². The third-order valence-corrected chi connectivity index (χ3v) is 6.08. The van der Waals surface area contributed by atoms with Gasteiger partial charge in [-0.1, -0.05) is 35.3 Å². The summed E-state index contributed by atoms with van der Waals surface area (Å²) in [5, 5.41) is 13.1. The summed E-state index contributed by atoms with van der Waals surface area (Å²) in [6.45, 7) is 1.80. The molecule has 188 valence electrons. The van der Waals surface area contributed by atoms with Gasteiger partial charge >= 0.3 is 11.4 Å². The highest BCUT2D eigenvalue weighted by atomic mass is 35.5. The number of carbonyl (C=O) groups excluding carboxylic acids is 1. The van der Waals surface area contributed by atoms with Gasteiger partial charge in [0.15, 0.2) is 5.84 Å². The zero-order valence-electron chi connectivity index (χ0n) is 18.7. The standard InChI is InChI=1S/C23H22Cl3F2N3O4/c1-3-34-18(32)10-9-17-21(29)31(22(30)23(26,27)28)15-8-7-12(24)11-14(15)20(35-17)13-5-4-6-16(33-2)19(13)25/h4-8,11,17,20,29-30H,3,9-10H2,1-2H3/t17?,20-/m1/s1. The van der Waals surface area contributed by atoms with Crippen molar-refractivity contribution in [2.75, 3.05) is 18.6 Å². The molecule has 0 spiro atoms. The first-order chi connectivity index (χ1) is 16.5. The third-order valence-electron chi connectivity index (χ3n) is 5.26. The topological polar surface area (TPSA) is 95.7 Å². The summed E-state index contributed by atoms with van der Waals surface area (Å²) >= 11 is 18.0. The Morgan fingerprint density at radius 1 is 1.23 bits per heavy atom. The molecule has 2 N–H and O–H groups in total. The smallest absolute Gasteiger partial charge is 0.379 e. The van der Waals surface area contributed by atoms with Gasteiger partial charge in [-0.3, -0.25) is 20.5 Å². The monoisotopic (exact) mass is 547 g/mol. The van der Waals surface area contributed by atoms with Crippen LogP contribution < -0.4 is 9.64 Å². The normalized spacial score (nSPS) is 18.0. The fraction of sp³-hybridized carbons (Fsp3) is 0.348. The van der Waals surface area contributed by atoms with Crippen molar-refractivity contribution in [3.05, 3.63) is 57.6 Å². The second kappa shape index (κ2) is 11.1. The van der Waals surface area contributed by atoms with Crippen LogP contribution >= 0.6 is 34.8 Å². The van der Waals surface area contributed by atoms with Gasteiger partial charge in [0.25, 0.3) is 0 Å². The van der Waals surface area contributed by atoms with Crippen LogP contribution in [-0.2, 0) is 14.3 Å². The van der Waals surface area contributed by atoms with Gasteiger partial charge in [0.05, 0.1) is 24.4 Å². The number of hydrogen-bond acceptors (Lipinski definition) is 6. The molecule has 1 unspecified atom stereocenters. The largest absolute Gasteiger partial charge is 0.495 e. The number of hydrogen-bond donors (Lipinski definition) is 2. The lowest BCUT2D eigenvalue weighted by Gasteiger charge is -2.29. The summed E-state index contributed by atoms with van der Waals surface area (Å²) in [5.74, 6) is -2.07. The van der Waals surface area contributed by atoms with E-state index in [1.54, 1.807) is 25.1 Å². The summed E-state index contributed by atoms with van der Waals surface area (Å²) < 4.78 is 44.7. The molecule has 0 radical (unpaired) electrons. The van der Waals surface area contributed by atoms with Crippen molar-refractivity contribution in [1.29, 1.82) is 10.8 Å². The molecule has 0 aromatic heterocycles. The van der Waals surface area contributed by atoms with Crippen LogP contribution in [0.15, 0.2) is 36.4 Å². The molecule has 0 saturated carbocycles. The minimum absolute atomic E-state index is 0.0345. The Labute approximate surface area is 215 Å². The van der Waals surface area contributed by atoms with E-state index in [0.29, 0.717) is 16.2 Å². The third kappa shape index (κ3) is 5.86. The van der Waals surface area contributed by atoms with Crippen molar-refractivity contribution in [2.24, 2.45) is 0 Å². The molecule has 12 heteroatoms. The van der Waals surface area contributed by atoms with Crippen LogP contribution in [0.4, 0.5) is 14.5 Å². The van der Waals surface area contributed by atoms with Crippen molar-refractivity contribution in [3.63, 3.8) is 0 Å². The summed E-state index contributed by atoms with van der Waals surface area (Å²) in [6.07, 6.45) is -2.47. The van der Waals surface area contributed by atoms with Gasteiger partial charge in [0.2, 0.25) is 0 Å². The maximum atomic E-state index is 14.1. The Morgan fingerprint density at radius 2 is 1.94 bits per heavy atom. The van der Waals surface area contributed by atoms with Gasteiger partial charge in [-0.05, 0) is 49.2 Å². The average molecular weight is 549 g/mol. The van der Waals surface area contributed by atoms with Gasteiger partial charge < -0.3 is 14.2 Å². The van der Waals surface area contributed by atoms with E-state index in [0.717, 1.165) is 0 Å². The highest BCUT2D eigenvalue weighted by Gasteiger charge is 2.44. The Morgan fingerprint density at radius 3 is 2.57 bits per heavy atom. The van der Waals surface area contributed by atoms with Crippen LogP contribution in [0.3, 0.4) is 0 Å². The molecule has 2 aromatic carbocycles. The number of fused-ring (bicyclic) bond motifs is 1. The number of halogens is 5. The number of carbonyl (C=O) groups is 1. The Bertz CT molecular complexity index is 1140. The average Bonchev–Trinajstić information content (AvgIpc) is 2.91. The number of anilines is 1. The summed E-state index contributed by atoms with van der Waals surface area (Å²) in [6, 6.07) is 9.27. The van der Waals surface area contributed by atoms with E-state index in [9.17, 15) is 13.6 Å². The molecule has 35 heavy (non-hydrogen) atoms. The zero-order valence-corrected chi connectivity index (χ0v) is 21.0. The number of rotatable bonds is 7. The first kappa shape index (κ1) is 27.1. The quantitative estimate of drug-likeness (QED) is 0.180. The highest BCUT2D eigenvalue weighted by molar-refractivity contribution is 6.38. The number of nitrogens with one attached hydrogen (secondary N) is 2. The van der Waals surface area contributed by atoms with E-state index >= 15 is 0 Å². The lowest BCUT2D eigenvalue weighted by molar-refractivity contribution is -0.143. The number of esters is 1. The van der Waals surface area contributed by atoms with E-state index < -0.39 is 35.2 Å². The van der Waals surface area contributed by atoms with E-state index in [-0.39, 0.29) is 40.7 Å². The molecule has 2 atom stereocenters. The lowest BCUT2D eigenvalue weighted by Crippen LogP contribution is -2.48. The molecule has 1 heterocycles. The maximum Gasteiger partial charge on any atom is 0.379 e. The maximum absolute atomic E-state index is 14.1. The first-order valence-electron chi connectivity index (χ1n) is 10.5. The molecule has 7 nitrogen and oxygen atoms in total. The minimum atomic E-state index is -4.09. The number of amidine groups is 2. The van der Waals surface area contributed by atoms with Gasteiger partial charge in [0, 0.05) is 22.6 Å². The number of benzene rings is 2. The van der Waals surface area contributed by atoms with E-state index in [4.69, 9.17) is 59.8 Å². The molecular weight excluding hydrogens is 527 g/mol. The first-order valence-corrected chi connectivity index (χ1v) is 11.6. The molecule has 0 saturated heterocycles. The van der Waals surface area contributed by atoms with E-state index in [2.05, 4.69) is 0 Å². The summed E-state index contributed by atoms with van der Waals surface area (Å²) in [5.41, 5.74) is 0.712. The zero-order chi connectivity index (χ0) is 25.9. The highest BCUT2D eigenvalue weighted by Crippen LogP contribution is 2.45. The predicted octanol–water partition coefficient (Wildman–Crippen LogP) is 6.43. The number of alkyl halides is 3. The van der Waals surface area contributed by atoms with E-state index in [1.165, 1.54) is 25.3 Å². The molecule has 1 aliphatic rings. The van der Waals surface area contributed by atoms with Crippen LogP contribution in [0.1, 0.15) is 37.0 Å². The summed E-state index contributed by atoms with van der Waals surface area (Å²) in [4.78, 5) is 12.7. The number of nitrogens with zero attached hydrogens (tertiary/aromatic N) is 1. The van der Waals surface area contributed by atoms with Crippen molar-refractivity contribution >= 4 is 58.1 Å². The van der Waals surface area contributed by atoms with Gasteiger partial charge in [-0.2, -0.15) is 8.78 Å². The minimum Gasteiger partial charge on any atom is -0.495 e. The van der Waals surface area contributed by atoms with Crippen molar-refractivity contribution < 1.29 is 27.8 Å². The molecule has 0 bridgehead atoms. The molecular formula is C23H22Cl3F2N3O4. The lowest BCUT2D eigenvalue weighted by atomic mass is 9.98. The van der Waals surface area contributed by atoms with E-state index in [1.807, 2.05) is 0 Å². The Balaban J connectivity index is 2.21. The molecule has 0 fully saturated rings. The van der Waals surface area contributed by atoms with Gasteiger partial charge in [-0.25, -0.2) is 0 Å². The molecule has 2 aromatic rings. The number of methoxy groups -OCH3 is 1. The second-order valence-corrected chi connectivity index (χ2v) is 8.77. The fourth-order valence-corrected chi connectivity index (χ4v) is 4.27. The molecule has 3 rings (SSSR count). The summed E-state index contributed by atoms with van der Waals surface area (Å²) in [7, 11) is 1.44. The second-order valence-electron chi connectivity index (χ2n) is 7.48. The molecule has 0 amide bonds. The molecule has 0 aliphatic carbocycles.